The first-order valence-electron chi connectivity index (χ1n) is 9.36. The molecule has 0 N–H and O–H groups in total. The fourth-order valence-electron chi connectivity index (χ4n) is 3.28. The Morgan fingerprint density at radius 3 is 2.21 bits per heavy atom. The van der Waals surface area contributed by atoms with Crippen molar-refractivity contribution in [3.8, 4) is 28.2 Å². The highest BCUT2D eigenvalue weighted by atomic mass is 79.9. The predicted octanol–water partition coefficient (Wildman–Crippen LogP) is 6.15. The Bertz CT molecular complexity index is 1140. The number of halogens is 1. The largest absolute Gasteiger partial charge is 0.462 e. The average Bonchev–Trinajstić information content (AvgIpc) is 3.16. The molecule has 4 aromatic rings. The second kappa shape index (κ2) is 8.45. The third-order valence-electron chi connectivity index (χ3n) is 4.54. The molecule has 0 aliphatic rings. The SMILES string of the molecule is CCOC(=O)c1c(-c2ccccc2Br)nn(-c2ccccc2)c1-c1ccccc1. The Balaban J connectivity index is 2.08. The summed E-state index contributed by atoms with van der Waals surface area (Å²) in [5, 5.41) is 4.88. The molecule has 0 aliphatic heterocycles. The van der Waals surface area contributed by atoms with Crippen molar-refractivity contribution in [2.45, 2.75) is 6.92 Å². The van der Waals surface area contributed by atoms with Gasteiger partial charge in [-0.05, 0) is 25.1 Å². The molecular weight excluding hydrogens is 428 g/mol. The van der Waals surface area contributed by atoms with Gasteiger partial charge in [-0.15, -0.1) is 0 Å². The van der Waals surface area contributed by atoms with Crippen LogP contribution in [0.3, 0.4) is 0 Å². The molecule has 4 nitrogen and oxygen atoms in total. The Morgan fingerprint density at radius 1 is 0.931 bits per heavy atom. The standard InChI is InChI=1S/C24H19BrN2O2/c1-2-29-24(28)21-22(19-15-9-10-16-20(19)25)26-27(18-13-7-4-8-14-18)23(21)17-11-5-3-6-12-17/h3-16H,2H2,1H3. The molecule has 4 rings (SSSR count). The monoisotopic (exact) mass is 446 g/mol. The van der Waals surface area contributed by atoms with Crippen molar-refractivity contribution in [3.63, 3.8) is 0 Å². The van der Waals surface area contributed by atoms with E-state index in [0.29, 0.717) is 23.6 Å². The Labute approximate surface area is 177 Å². The lowest BCUT2D eigenvalue weighted by Gasteiger charge is -2.10. The van der Waals surface area contributed by atoms with E-state index in [9.17, 15) is 4.79 Å². The number of carbonyl (C=O) groups is 1. The molecule has 0 radical (unpaired) electrons. The van der Waals surface area contributed by atoms with Crippen LogP contribution in [0.5, 0.6) is 0 Å². The molecule has 1 aromatic heterocycles. The average molecular weight is 447 g/mol. The van der Waals surface area contributed by atoms with Crippen molar-refractivity contribution >= 4 is 21.9 Å². The van der Waals surface area contributed by atoms with Crippen LogP contribution in [0.2, 0.25) is 0 Å². The van der Waals surface area contributed by atoms with E-state index < -0.39 is 0 Å². The van der Waals surface area contributed by atoms with Crippen LogP contribution in [0.15, 0.2) is 89.4 Å². The summed E-state index contributed by atoms with van der Waals surface area (Å²) in [6.07, 6.45) is 0. The lowest BCUT2D eigenvalue weighted by Crippen LogP contribution is -2.08. The first kappa shape index (κ1) is 19.2. The van der Waals surface area contributed by atoms with Gasteiger partial charge in [-0.2, -0.15) is 5.10 Å². The van der Waals surface area contributed by atoms with Gasteiger partial charge in [0.25, 0.3) is 0 Å². The van der Waals surface area contributed by atoms with E-state index in [1.165, 1.54) is 0 Å². The minimum Gasteiger partial charge on any atom is -0.462 e. The highest BCUT2D eigenvalue weighted by Gasteiger charge is 2.28. The minimum atomic E-state index is -0.390. The Morgan fingerprint density at radius 2 is 1.55 bits per heavy atom. The van der Waals surface area contributed by atoms with Gasteiger partial charge in [0.1, 0.15) is 11.3 Å². The van der Waals surface area contributed by atoms with Gasteiger partial charge < -0.3 is 4.74 Å². The summed E-state index contributed by atoms with van der Waals surface area (Å²) in [7, 11) is 0. The number of hydrogen-bond donors (Lipinski definition) is 0. The molecule has 1 heterocycles. The molecule has 0 amide bonds. The zero-order valence-electron chi connectivity index (χ0n) is 15.9. The van der Waals surface area contributed by atoms with Crippen LogP contribution in [-0.2, 0) is 4.74 Å². The van der Waals surface area contributed by atoms with Gasteiger partial charge in [0.15, 0.2) is 0 Å². The van der Waals surface area contributed by atoms with Crippen LogP contribution >= 0.6 is 15.9 Å². The summed E-state index contributed by atoms with van der Waals surface area (Å²) in [6, 6.07) is 27.3. The third kappa shape index (κ3) is 3.74. The molecule has 144 valence electrons. The number of carbonyl (C=O) groups excluding carboxylic acids is 1. The number of esters is 1. The molecule has 0 atom stereocenters. The highest BCUT2D eigenvalue weighted by Crippen LogP contribution is 2.37. The zero-order valence-corrected chi connectivity index (χ0v) is 17.5. The Hall–Kier alpha value is -3.18. The van der Waals surface area contributed by atoms with E-state index in [-0.39, 0.29) is 5.97 Å². The third-order valence-corrected chi connectivity index (χ3v) is 5.23. The quantitative estimate of drug-likeness (QED) is 0.345. The number of rotatable bonds is 5. The minimum absolute atomic E-state index is 0.291. The summed E-state index contributed by atoms with van der Waals surface area (Å²) in [5.41, 5.74) is 4.34. The number of benzene rings is 3. The smallest absolute Gasteiger partial charge is 0.342 e. The summed E-state index contributed by atoms with van der Waals surface area (Å²) < 4.78 is 8.11. The van der Waals surface area contributed by atoms with Gasteiger partial charge in [0.2, 0.25) is 0 Å². The van der Waals surface area contributed by atoms with Gasteiger partial charge in [0.05, 0.1) is 18.0 Å². The van der Waals surface area contributed by atoms with Crippen LogP contribution in [0, 0.1) is 0 Å². The molecule has 0 spiro atoms. The Kier molecular flexibility index (Phi) is 5.58. The van der Waals surface area contributed by atoms with Crippen molar-refractivity contribution < 1.29 is 9.53 Å². The molecule has 0 saturated carbocycles. The van der Waals surface area contributed by atoms with Gasteiger partial charge in [-0.25, -0.2) is 9.48 Å². The van der Waals surface area contributed by atoms with E-state index in [1.54, 1.807) is 6.92 Å². The van der Waals surface area contributed by atoms with Crippen LogP contribution < -0.4 is 0 Å². The first-order valence-corrected chi connectivity index (χ1v) is 10.2. The number of nitrogens with zero attached hydrogens (tertiary/aromatic N) is 2. The lowest BCUT2D eigenvalue weighted by atomic mass is 10.0. The van der Waals surface area contributed by atoms with Gasteiger partial charge >= 0.3 is 5.97 Å². The lowest BCUT2D eigenvalue weighted by molar-refractivity contribution is 0.0528. The summed E-state index contributed by atoms with van der Waals surface area (Å²) in [5.74, 6) is -0.390. The molecular formula is C24H19BrN2O2. The molecule has 29 heavy (non-hydrogen) atoms. The topological polar surface area (TPSA) is 44.1 Å². The zero-order chi connectivity index (χ0) is 20.2. The van der Waals surface area contributed by atoms with Crippen LogP contribution in [0.25, 0.3) is 28.2 Å². The van der Waals surface area contributed by atoms with Crippen molar-refractivity contribution in [2.24, 2.45) is 0 Å². The number of aromatic nitrogens is 2. The molecule has 3 aromatic carbocycles. The molecule has 0 bridgehead atoms. The van der Waals surface area contributed by atoms with Gasteiger partial charge in [-0.1, -0.05) is 82.7 Å². The maximum atomic E-state index is 13.1. The molecule has 0 unspecified atom stereocenters. The van der Waals surface area contributed by atoms with E-state index in [4.69, 9.17) is 9.84 Å². The number of ether oxygens (including phenoxy) is 1. The maximum absolute atomic E-state index is 13.1. The van der Waals surface area contributed by atoms with Crippen molar-refractivity contribution in [3.05, 3.63) is 95.0 Å². The maximum Gasteiger partial charge on any atom is 0.342 e. The molecule has 0 saturated heterocycles. The summed E-state index contributed by atoms with van der Waals surface area (Å²) in [4.78, 5) is 13.1. The second-order valence-corrected chi connectivity index (χ2v) is 7.24. The van der Waals surface area contributed by atoms with E-state index in [0.717, 1.165) is 21.3 Å². The number of para-hydroxylation sites is 1. The molecule has 0 aliphatic carbocycles. The van der Waals surface area contributed by atoms with Gasteiger partial charge in [-0.3, -0.25) is 0 Å². The molecule has 5 heteroatoms. The van der Waals surface area contributed by atoms with E-state index >= 15 is 0 Å². The van der Waals surface area contributed by atoms with Crippen LogP contribution in [-0.4, -0.2) is 22.4 Å². The fraction of sp³-hybridized carbons (Fsp3) is 0.0833. The van der Waals surface area contributed by atoms with Crippen molar-refractivity contribution in [2.75, 3.05) is 6.61 Å². The number of hydrogen-bond acceptors (Lipinski definition) is 3. The van der Waals surface area contributed by atoms with Crippen molar-refractivity contribution in [1.82, 2.24) is 9.78 Å². The van der Waals surface area contributed by atoms with Gasteiger partial charge in [0, 0.05) is 15.6 Å². The first-order chi connectivity index (χ1) is 14.2. The summed E-state index contributed by atoms with van der Waals surface area (Å²) in [6.45, 7) is 2.10. The van der Waals surface area contributed by atoms with Crippen LogP contribution in [0.4, 0.5) is 0 Å². The normalized spacial score (nSPS) is 10.7. The van der Waals surface area contributed by atoms with Crippen molar-refractivity contribution in [1.29, 1.82) is 0 Å². The predicted molar refractivity (Wildman–Crippen MR) is 118 cm³/mol. The highest BCUT2D eigenvalue weighted by molar-refractivity contribution is 9.10. The van der Waals surface area contributed by atoms with Crippen LogP contribution in [0.1, 0.15) is 17.3 Å². The second-order valence-electron chi connectivity index (χ2n) is 6.39. The summed E-state index contributed by atoms with van der Waals surface area (Å²) >= 11 is 3.60. The van der Waals surface area contributed by atoms with E-state index in [2.05, 4.69) is 15.9 Å². The fourth-order valence-corrected chi connectivity index (χ4v) is 3.75. The van der Waals surface area contributed by atoms with E-state index in [1.807, 2.05) is 89.6 Å². The molecule has 0 fully saturated rings.